The van der Waals surface area contributed by atoms with Gasteiger partial charge >= 0.3 is 10.2 Å². The molecule has 0 amide bonds. The quantitative estimate of drug-likeness (QED) is 0.625. The van der Waals surface area contributed by atoms with Gasteiger partial charge in [-0.1, -0.05) is 27.7 Å². The second-order valence-corrected chi connectivity index (χ2v) is 5.19. The number of rotatable bonds is 3. The average molecular weight is 182 g/mol. The van der Waals surface area contributed by atoms with Gasteiger partial charge in [0.25, 0.3) is 0 Å². The fourth-order valence-electron chi connectivity index (χ4n) is 0.611. The molecule has 11 heavy (non-hydrogen) atoms. The highest BCUT2D eigenvalue weighted by molar-refractivity contribution is 7.86. The molecule has 0 saturated carbocycles. The maximum atomic E-state index is 12.2. The van der Waals surface area contributed by atoms with Crippen LogP contribution in [0.1, 0.15) is 27.7 Å². The van der Waals surface area contributed by atoms with Crippen molar-refractivity contribution < 1.29 is 12.3 Å². The van der Waals surface area contributed by atoms with E-state index in [1.54, 1.807) is 13.8 Å². The summed E-state index contributed by atoms with van der Waals surface area (Å²) in [5.74, 6) is -0.231. The van der Waals surface area contributed by atoms with Crippen LogP contribution in [0.2, 0.25) is 0 Å². The molecule has 0 heterocycles. The Morgan fingerprint density at radius 2 is 1.73 bits per heavy atom. The van der Waals surface area contributed by atoms with Crippen molar-refractivity contribution in [1.82, 2.24) is 0 Å². The highest BCUT2D eigenvalue weighted by Crippen LogP contribution is 2.28. The summed E-state index contributed by atoms with van der Waals surface area (Å²) in [4.78, 5) is 0. The molecule has 0 aromatic carbocycles. The van der Waals surface area contributed by atoms with E-state index in [4.69, 9.17) is 0 Å². The van der Waals surface area contributed by atoms with E-state index in [2.05, 4.69) is 0 Å². The van der Waals surface area contributed by atoms with Crippen LogP contribution in [0.3, 0.4) is 0 Å². The molecule has 0 saturated heterocycles. The van der Waals surface area contributed by atoms with Crippen molar-refractivity contribution in [1.29, 1.82) is 0 Å². The van der Waals surface area contributed by atoms with Gasteiger partial charge in [-0.2, -0.15) is 8.42 Å². The minimum Gasteiger partial charge on any atom is -0.195 e. The third-order valence-electron chi connectivity index (χ3n) is 2.11. The molecule has 68 valence electrons. The molecule has 0 unspecified atom stereocenters. The van der Waals surface area contributed by atoms with Crippen LogP contribution in [0.4, 0.5) is 3.89 Å². The monoisotopic (exact) mass is 182 g/mol. The van der Waals surface area contributed by atoms with Crippen molar-refractivity contribution >= 4 is 10.2 Å². The molecule has 0 aliphatic carbocycles. The molecular weight excluding hydrogens is 167 g/mol. The van der Waals surface area contributed by atoms with Gasteiger partial charge in [-0.25, -0.2) is 0 Å². The third kappa shape index (κ3) is 4.35. The summed E-state index contributed by atoms with van der Waals surface area (Å²) in [6, 6.07) is 0. The molecule has 0 rings (SSSR count). The first-order chi connectivity index (χ1) is 4.65. The summed E-state index contributed by atoms with van der Waals surface area (Å²) in [7, 11) is -4.33. The van der Waals surface area contributed by atoms with E-state index in [0.29, 0.717) is 0 Å². The van der Waals surface area contributed by atoms with Gasteiger partial charge in [0.05, 0.1) is 5.75 Å². The zero-order chi connectivity index (χ0) is 9.28. The first-order valence-corrected chi connectivity index (χ1v) is 5.13. The van der Waals surface area contributed by atoms with Crippen LogP contribution in [0.25, 0.3) is 0 Å². The Hall–Kier alpha value is -0.120. The zero-order valence-electron chi connectivity index (χ0n) is 7.39. The van der Waals surface area contributed by atoms with Crippen molar-refractivity contribution in [3.8, 4) is 0 Å². The fourth-order valence-corrected chi connectivity index (χ4v) is 1.83. The van der Waals surface area contributed by atoms with E-state index in [1.807, 2.05) is 13.8 Å². The second-order valence-electron chi connectivity index (χ2n) is 3.83. The van der Waals surface area contributed by atoms with Gasteiger partial charge in [0.15, 0.2) is 0 Å². The lowest BCUT2D eigenvalue weighted by Gasteiger charge is -2.26. The van der Waals surface area contributed by atoms with Gasteiger partial charge in [-0.3, -0.25) is 0 Å². The summed E-state index contributed by atoms with van der Waals surface area (Å²) in [5.41, 5.74) is -0.479. The largest absolute Gasteiger partial charge is 0.302 e. The SMILES string of the molecule is CC(C)C(C)(C)CS(=O)(=O)F. The van der Waals surface area contributed by atoms with Crippen LogP contribution < -0.4 is 0 Å². The Morgan fingerprint density at radius 1 is 1.36 bits per heavy atom. The van der Waals surface area contributed by atoms with E-state index in [1.165, 1.54) is 0 Å². The molecule has 0 atom stereocenters. The molecular formula is C7H15FO2S. The predicted octanol–water partition coefficient (Wildman–Crippen LogP) is 1.97. The molecule has 0 bridgehead atoms. The number of hydrogen-bond donors (Lipinski definition) is 0. The lowest BCUT2D eigenvalue weighted by atomic mass is 9.83. The normalized spacial score (nSPS) is 14.0. The summed E-state index contributed by atoms with van der Waals surface area (Å²) >= 11 is 0. The van der Waals surface area contributed by atoms with Crippen LogP contribution in [-0.4, -0.2) is 14.2 Å². The molecule has 0 aromatic heterocycles. The number of halogens is 1. The van der Waals surface area contributed by atoms with Crippen LogP contribution in [0, 0.1) is 11.3 Å². The van der Waals surface area contributed by atoms with Crippen LogP contribution >= 0.6 is 0 Å². The highest BCUT2D eigenvalue weighted by Gasteiger charge is 2.28. The summed E-state index contributed by atoms with van der Waals surface area (Å²) in [6.07, 6.45) is 0. The lowest BCUT2D eigenvalue weighted by Crippen LogP contribution is -2.27. The summed E-state index contributed by atoms with van der Waals surface area (Å²) in [6.45, 7) is 7.25. The molecule has 0 aliphatic rings. The molecule has 0 N–H and O–H groups in total. The van der Waals surface area contributed by atoms with Gasteiger partial charge in [-0.05, 0) is 11.3 Å². The van der Waals surface area contributed by atoms with Gasteiger partial charge in [0.1, 0.15) is 0 Å². The predicted molar refractivity (Wildman–Crippen MR) is 43.5 cm³/mol. The molecule has 0 spiro atoms. The van der Waals surface area contributed by atoms with Crippen LogP contribution in [0.15, 0.2) is 0 Å². The number of hydrogen-bond acceptors (Lipinski definition) is 2. The topological polar surface area (TPSA) is 34.1 Å². The smallest absolute Gasteiger partial charge is 0.195 e. The third-order valence-corrected chi connectivity index (χ3v) is 3.20. The maximum Gasteiger partial charge on any atom is 0.302 e. The Morgan fingerprint density at radius 3 is 1.82 bits per heavy atom. The summed E-state index contributed by atoms with van der Waals surface area (Å²) < 4.78 is 32.8. The van der Waals surface area contributed by atoms with Gasteiger partial charge in [0.2, 0.25) is 0 Å². The zero-order valence-corrected chi connectivity index (χ0v) is 8.20. The summed E-state index contributed by atoms with van der Waals surface area (Å²) in [5, 5.41) is 0. The Bertz CT molecular complexity index is 217. The van der Waals surface area contributed by atoms with Crippen molar-refractivity contribution in [2.24, 2.45) is 11.3 Å². The van der Waals surface area contributed by atoms with Gasteiger partial charge < -0.3 is 0 Å². The first-order valence-electron chi connectivity index (χ1n) is 3.57. The van der Waals surface area contributed by atoms with Crippen molar-refractivity contribution in [3.63, 3.8) is 0 Å². The van der Waals surface area contributed by atoms with E-state index < -0.39 is 21.4 Å². The molecule has 0 aromatic rings. The minimum absolute atomic E-state index is 0.160. The molecule has 0 aliphatic heterocycles. The van der Waals surface area contributed by atoms with E-state index >= 15 is 0 Å². The molecule has 2 nitrogen and oxygen atoms in total. The van der Waals surface area contributed by atoms with E-state index in [9.17, 15) is 12.3 Å². The molecule has 0 fully saturated rings. The van der Waals surface area contributed by atoms with Crippen molar-refractivity contribution in [2.75, 3.05) is 5.75 Å². The highest BCUT2D eigenvalue weighted by atomic mass is 32.3. The van der Waals surface area contributed by atoms with E-state index in [-0.39, 0.29) is 5.92 Å². The first kappa shape index (κ1) is 10.9. The van der Waals surface area contributed by atoms with Crippen LogP contribution in [-0.2, 0) is 10.2 Å². The fraction of sp³-hybridized carbons (Fsp3) is 1.00. The Kier molecular flexibility index (Phi) is 3.06. The Labute approximate surface area is 68.0 Å². The second kappa shape index (κ2) is 3.09. The van der Waals surface area contributed by atoms with E-state index in [0.717, 1.165) is 0 Å². The van der Waals surface area contributed by atoms with Crippen molar-refractivity contribution in [2.45, 2.75) is 27.7 Å². The lowest BCUT2D eigenvalue weighted by molar-refractivity contribution is 0.283. The van der Waals surface area contributed by atoms with Gasteiger partial charge in [-0.15, -0.1) is 3.89 Å². The average Bonchev–Trinajstić information content (AvgIpc) is 1.56. The maximum absolute atomic E-state index is 12.2. The molecule has 0 radical (unpaired) electrons. The Balaban J connectivity index is 4.38. The standard InChI is InChI=1S/C7H15FO2S/c1-6(2)7(3,4)5-11(8,9)10/h6H,5H2,1-4H3. The van der Waals surface area contributed by atoms with Crippen LogP contribution in [0.5, 0.6) is 0 Å². The minimum atomic E-state index is -4.33. The molecule has 4 heteroatoms. The van der Waals surface area contributed by atoms with Gasteiger partial charge in [0, 0.05) is 0 Å². The van der Waals surface area contributed by atoms with Crippen molar-refractivity contribution in [3.05, 3.63) is 0 Å².